The van der Waals surface area contributed by atoms with Crippen LogP contribution in [0.25, 0.3) is 17.2 Å². The number of aliphatic carboxylic acids is 1. The highest BCUT2D eigenvalue weighted by atomic mass is 32.2. The normalized spacial score (nSPS) is 15.7. The minimum Gasteiger partial charge on any atom is -0.480 e. The van der Waals surface area contributed by atoms with Crippen molar-refractivity contribution in [1.29, 1.82) is 0 Å². The number of alkyl halides is 6. The number of nitrogens with one attached hydrogen (secondary N) is 1. The van der Waals surface area contributed by atoms with E-state index in [1.165, 1.54) is 17.5 Å². The largest absolute Gasteiger partial charge is 0.480 e. The van der Waals surface area contributed by atoms with Crippen LogP contribution in [0, 0.1) is 0 Å². The maximum atomic E-state index is 13.1. The van der Waals surface area contributed by atoms with Crippen LogP contribution in [0.15, 0.2) is 34.6 Å². The van der Waals surface area contributed by atoms with Gasteiger partial charge in [-0.2, -0.15) is 26.3 Å². The van der Waals surface area contributed by atoms with Crippen molar-refractivity contribution in [3.05, 3.63) is 50.6 Å². The number of carboxylic acids is 1. The van der Waals surface area contributed by atoms with Crippen LogP contribution >= 0.6 is 35.3 Å². The maximum absolute atomic E-state index is 13.1. The molecule has 0 atom stereocenters. The molecule has 0 spiro atoms. The van der Waals surface area contributed by atoms with E-state index in [1.807, 2.05) is 0 Å². The van der Waals surface area contributed by atoms with Crippen LogP contribution in [0.4, 0.5) is 26.3 Å². The first-order valence-electron chi connectivity index (χ1n) is 9.27. The number of benzene rings is 1. The molecule has 0 saturated carbocycles. The summed E-state index contributed by atoms with van der Waals surface area (Å²) in [5.74, 6) is -2.69. The summed E-state index contributed by atoms with van der Waals surface area (Å²) in [5.41, 5.74) is -3.11. The minimum atomic E-state index is -4.99. The highest BCUT2D eigenvalue weighted by Gasteiger charge is 2.37. The molecular formula is C20H12F6N2O4S3. The third kappa shape index (κ3) is 6.61. The Morgan fingerprint density at radius 2 is 1.63 bits per heavy atom. The molecule has 0 aliphatic carbocycles. The zero-order valence-corrected chi connectivity index (χ0v) is 19.4. The molecule has 15 heteroatoms. The minimum absolute atomic E-state index is 0.0243. The fraction of sp³-hybridized carbons (Fsp3) is 0.200. The van der Waals surface area contributed by atoms with Gasteiger partial charge in [0.2, 0.25) is 5.91 Å². The van der Waals surface area contributed by atoms with Crippen molar-refractivity contribution < 1.29 is 45.8 Å². The molecule has 0 radical (unpaired) electrons. The second-order valence-corrected chi connectivity index (χ2v) is 9.59. The summed E-state index contributed by atoms with van der Waals surface area (Å²) in [4.78, 5) is 36.3. The first-order valence-corrected chi connectivity index (χ1v) is 11.4. The quantitative estimate of drug-likeness (QED) is 0.302. The molecule has 2 amide bonds. The van der Waals surface area contributed by atoms with E-state index in [-0.39, 0.29) is 26.4 Å². The van der Waals surface area contributed by atoms with Crippen molar-refractivity contribution in [1.82, 2.24) is 10.2 Å². The Hall–Kier alpha value is -2.91. The Balaban J connectivity index is 1.85. The number of amides is 2. The van der Waals surface area contributed by atoms with Gasteiger partial charge in [0.05, 0.1) is 16.0 Å². The number of carbonyl (C=O) groups excluding carboxylic acids is 2. The Labute approximate surface area is 206 Å². The molecule has 3 rings (SSSR count). The summed E-state index contributed by atoms with van der Waals surface area (Å²) in [6.45, 7) is -1.16. The number of hydrogen-bond donors (Lipinski definition) is 2. The number of rotatable bonds is 6. The Bertz CT molecular complexity index is 1200. The molecule has 2 aromatic rings. The van der Waals surface area contributed by atoms with Crippen molar-refractivity contribution in [2.75, 3.05) is 13.1 Å². The van der Waals surface area contributed by atoms with Gasteiger partial charge >= 0.3 is 18.3 Å². The molecule has 2 N–H and O–H groups in total. The summed E-state index contributed by atoms with van der Waals surface area (Å²) in [6.07, 6.45) is -8.62. The summed E-state index contributed by atoms with van der Waals surface area (Å²) in [5, 5.41) is 12.0. The highest BCUT2D eigenvalue weighted by molar-refractivity contribution is 8.26. The highest BCUT2D eigenvalue weighted by Crippen LogP contribution is 2.40. The fourth-order valence-corrected chi connectivity index (χ4v) is 5.01. The number of thiophene rings is 1. The number of halogens is 6. The average Bonchev–Trinajstić information content (AvgIpc) is 3.31. The maximum Gasteiger partial charge on any atom is 0.416 e. The molecule has 1 fully saturated rings. The predicted molar refractivity (Wildman–Crippen MR) is 120 cm³/mol. The first-order chi connectivity index (χ1) is 16.1. The van der Waals surface area contributed by atoms with Gasteiger partial charge in [0, 0.05) is 4.88 Å². The van der Waals surface area contributed by atoms with Crippen molar-refractivity contribution in [3.8, 4) is 11.1 Å². The van der Waals surface area contributed by atoms with Crippen LogP contribution < -0.4 is 5.32 Å². The lowest BCUT2D eigenvalue weighted by Gasteiger charge is -2.13. The molecule has 0 unspecified atom stereocenters. The second-order valence-electron chi connectivity index (χ2n) is 6.97. The molecule has 6 nitrogen and oxygen atoms in total. The van der Waals surface area contributed by atoms with Gasteiger partial charge in [0.1, 0.15) is 17.4 Å². The molecule has 1 saturated heterocycles. The Morgan fingerprint density at radius 1 is 1.03 bits per heavy atom. The van der Waals surface area contributed by atoms with Gasteiger partial charge in [-0.3, -0.25) is 19.3 Å². The van der Waals surface area contributed by atoms with E-state index < -0.39 is 54.4 Å². The lowest BCUT2D eigenvalue weighted by molar-refractivity contribution is -0.143. The van der Waals surface area contributed by atoms with E-state index in [2.05, 4.69) is 5.32 Å². The molecule has 0 bridgehead atoms. The zero-order chi connectivity index (χ0) is 26.1. The fourth-order valence-electron chi connectivity index (χ4n) is 2.84. The predicted octanol–water partition coefficient (Wildman–Crippen LogP) is 4.85. The molecule has 35 heavy (non-hydrogen) atoms. The lowest BCUT2D eigenvalue weighted by atomic mass is 10.0. The number of nitrogens with zero attached hydrogens (tertiary/aromatic N) is 1. The van der Waals surface area contributed by atoms with Crippen LogP contribution in [-0.2, 0) is 26.7 Å². The van der Waals surface area contributed by atoms with Gasteiger partial charge in [0.15, 0.2) is 0 Å². The third-order valence-electron chi connectivity index (χ3n) is 4.43. The topological polar surface area (TPSA) is 86.7 Å². The zero-order valence-electron chi connectivity index (χ0n) is 17.0. The monoisotopic (exact) mass is 554 g/mol. The van der Waals surface area contributed by atoms with Crippen LogP contribution in [0.5, 0.6) is 0 Å². The first kappa shape index (κ1) is 26.7. The third-order valence-corrected chi connectivity index (χ3v) is 6.68. The number of carboxylic acid groups (broad SMARTS) is 1. The van der Waals surface area contributed by atoms with Crippen LogP contribution in [0.3, 0.4) is 0 Å². The van der Waals surface area contributed by atoms with Gasteiger partial charge in [-0.15, -0.1) is 11.3 Å². The van der Waals surface area contributed by atoms with E-state index in [1.54, 1.807) is 0 Å². The van der Waals surface area contributed by atoms with E-state index in [0.29, 0.717) is 17.0 Å². The number of hydrogen-bond acceptors (Lipinski definition) is 6. The van der Waals surface area contributed by atoms with Crippen molar-refractivity contribution in [2.45, 2.75) is 12.4 Å². The van der Waals surface area contributed by atoms with Crippen LogP contribution in [0.2, 0.25) is 0 Å². The molecule has 2 heterocycles. The van der Waals surface area contributed by atoms with E-state index in [9.17, 15) is 40.7 Å². The summed E-state index contributed by atoms with van der Waals surface area (Å²) < 4.78 is 78.8. The molecule has 1 aromatic heterocycles. The molecule has 186 valence electrons. The summed E-state index contributed by atoms with van der Waals surface area (Å²) in [6, 6.07) is 2.58. The molecular weight excluding hydrogens is 542 g/mol. The number of carbonyl (C=O) groups is 3. The van der Waals surface area contributed by atoms with Crippen molar-refractivity contribution in [3.63, 3.8) is 0 Å². The second kappa shape index (κ2) is 9.99. The van der Waals surface area contributed by atoms with E-state index in [4.69, 9.17) is 17.3 Å². The van der Waals surface area contributed by atoms with Crippen molar-refractivity contribution in [2.24, 2.45) is 0 Å². The number of thioether (sulfide) groups is 1. The standard InChI is InChI=1S/C20H12F6N2O4S3/c21-19(22,23)11-1-9(2-12(4-11)20(24,25)26)10-3-13(34-8-10)5-14-17(32)28(18(33)35-14)7-15(29)27-6-16(30)31/h1-5,8H,6-7H2,(H,27,29)(H,30,31). The lowest BCUT2D eigenvalue weighted by Crippen LogP contribution is -2.41. The van der Waals surface area contributed by atoms with Gasteiger partial charge in [0.25, 0.3) is 5.91 Å². The molecule has 1 aliphatic heterocycles. The Morgan fingerprint density at radius 3 is 2.17 bits per heavy atom. The van der Waals surface area contributed by atoms with Crippen molar-refractivity contribution >= 4 is 63.5 Å². The SMILES string of the molecule is O=C(O)CNC(=O)CN1C(=O)C(=Cc2cc(-c3cc(C(F)(F)F)cc(C(F)(F)F)c3)cs2)SC1=S. The van der Waals surface area contributed by atoms with Gasteiger partial charge in [-0.05, 0) is 46.8 Å². The molecule has 1 aromatic carbocycles. The Kier molecular flexibility index (Phi) is 7.62. The number of thiocarbonyl (C=S) groups is 1. The molecule has 1 aliphatic rings. The van der Waals surface area contributed by atoms with E-state index >= 15 is 0 Å². The van der Waals surface area contributed by atoms with Gasteiger partial charge in [-0.25, -0.2) is 0 Å². The van der Waals surface area contributed by atoms with Gasteiger partial charge < -0.3 is 10.4 Å². The van der Waals surface area contributed by atoms with E-state index in [0.717, 1.165) is 28.0 Å². The smallest absolute Gasteiger partial charge is 0.416 e. The van der Waals surface area contributed by atoms with Crippen LogP contribution in [-0.4, -0.2) is 45.2 Å². The summed E-state index contributed by atoms with van der Waals surface area (Å²) in [7, 11) is 0. The summed E-state index contributed by atoms with van der Waals surface area (Å²) >= 11 is 6.88. The van der Waals surface area contributed by atoms with Crippen LogP contribution in [0.1, 0.15) is 16.0 Å². The van der Waals surface area contributed by atoms with Gasteiger partial charge in [-0.1, -0.05) is 24.0 Å². The average molecular weight is 555 g/mol.